The molecular weight excluding hydrogens is 210 g/mol. The number of hydrogen-bond acceptors (Lipinski definition) is 1. The van der Waals surface area contributed by atoms with Crippen LogP contribution in [0.4, 0.5) is 8.78 Å². The maximum atomic E-state index is 13.0. The third kappa shape index (κ3) is 3.32. The van der Waals surface area contributed by atoms with Gasteiger partial charge >= 0.3 is 0 Å². The van der Waals surface area contributed by atoms with E-state index in [9.17, 15) is 13.9 Å². The summed E-state index contributed by atoms with van der Waals surface area (Å²) in [6, 6.07) is 3.07. The minimum atomic E-state index is -1.26. The van der Waals surface area contributed by atoms with Gasteiger partial charge in [-0.25, -0.2) is 8.78 Å². The predicted octanol–water partition coefficient (Wildman–Crippen LogP) is 2.98. The van der Waals surface area contributed by atoms with Gasteiger partial charge in [0.15, 0.2) is 0 Å². The van der Waals surface area contributed by atoms with E-state index in [-0.39, 0.29) is 5.56 Å². The lowest BCUT2D eigenvalue weighted by Gasteiger charge is -2.22. The zero-order valence-corrected chi connectivity index (χ0v) is 9.35. The molecule has 0 bridgehead atoms. The molecule has 1 aromatic carbocycles. The number of aliphatic hydroxyl groups is 1. The highest BCUT2D eigenvalue weighted by molar-refractivity contribution is 5.24. The van der Waals surface area contributed by atoms with Gasteiger partial charge < -0.3 is 5.11 Å². The maximum Gasteiger partial charge on any atom is 0.126 e. The van der Waals surface area contributed by atoms with E-state index in [1.54, 1.807) is 6.92 Å². The summed E-state index contributed by atoms with van der Waals surface area (Å²) in [6.45, 7) is 3.23. The van der Waals surface area contributed by atoms with Gasteiger partial charge in [-0.1, -0.05) is 0 Å². The Labute approximate surface area is 94.1 Å². The van der Waals surface area contributed by atoms with Crippen molar-refractivity contribution in [1.82, 2.24) is 0 Å². The molecule has 1 aromatic rings. The van der Waals surface area contributed by atoms with Gasteiger partial charge in [0.1, 0.15) is 11.6 Å². The summed E-state index contributed by atoms with van der Waals surface area (Å²) in [5.41, 5.74) is -1.02. The Morgan fingerprint density at radius 2 is 1.81 bits per heavy atom. The van der Waals surface area contributed by atoms with Gasteiger partial charge in [-0.3, -0.25) is 0 Å². The van der Waals surface area contributed by atoms with Crippen LogP contribution in [0, 0.1) is 23.5 Å². The molecule has 0 aliphatic rings. The minimum Gasteiger partial charge on any atom is -0.385 e. The zero-order valence-electron chi connectivity index (χ0n) is 9.35. The number of rotatable bonds is 3. The fraction of sp³-hybridized carbons (Fsp3) is 0.385. The Balaban J connectivity index is 2.90. The Morgan fingerprint density at radius 3 is 2.31 bits per heavy atom. The van der Waals surface area contributed by atoms with E-state index in [2.05, 4.69) is 11.8 Å². The number of hydrogen-bond donors (Lipinski definition) is 1. The molecule has 0 aromatic heterocycles. The van der Waals surface area contributed by atoms with Gasteiger partial charge in [-0.05, 0) is 38.0 Å². The summed E-state index contributed by atoms with van der Waals surface area (Å²) in [6.07, 6.45) is 0.832. The largest absolute Gasteiger partial charge is 0.385 e. The van der Waals surface area contributed by atoms with Crippen LogP contribution in [-0.4, -0.2) is 5.11 Å². The Bertz CT molecular complexity index is 407. The topological polar surface area (TPSA) is 20.2 Å². The van der Waals surface area contributed by atoms with E-state index in [4.69, 9.17) is 0 Å². The summed E-state index contributed by atoms with van der Waals surface area (Å²) < 4.78 is 25.9. The summed E-state index contributed by atoms with van der Waals surface area (Å²) in [4.78, 5) is 0. The predicted molar refractivity (Wildman–Crippen MR) is 58.6 cm³/mol. The number of halogens is 2. The Hall–Kier alpha value is -1.40. The summed E-state index contributed by atoms with van der Waals surface area (Å²) in [5.74, 6) is 4.14. The van der Waals surface area contributed by atoms with Gasteiger partial charge in [0.05, 0.1) is 5.60 Å². The molecule has 0 heterocycles. The van der Waals surface area contributed by atoms with E-state index in [1.807, 2.05) is 0 Å². The first-order valence-electron chi connectivity index (χ1n) is 5.04. The lowest BCUT2D eigenvalue weighted by molar-refractivity contribution is 0.0487. The molecule has 16 heavy (non-hydrogen) atoms. The summed E-state index contributed by atoms with van der Waals surface area (Å²) in [7, 11) is 0. The molecule has 3 heteroatoms. The van der Waals surface area contributed by atoms with Crippen LogP contribution in [-0.2, 0) is 5.60 Å². The van der Waals surface area contributed by atoms with Crippen LogP contribution >= 0.6 is 0 Å². The minimum absolute atomic E-state index is 0.239. The second-order valence-corrected chi connectivity index (χ2v) is 3.86. The van der Waals surface area contributed by atoms with Crippen molar-refractivity contribution in [3.05, 3.63) is 35.4 Å². The highest BCUT2D eigenvalue weighted by atomic mass is 19.1. The third-order valence-corrected chi connectivity index (χ3v) is 2.40. The molecule has 0 saturated carbocycles. The molecule has 1 nitrogen and oxygen atoms in total. The average molecular weight is 224 g/mol. The molecule has 0 spiro atoms. The van der Waals surface area contributed by atoms with Crippen molar-refractivity contribution in [2.45, 2.75) is 32.3 Å². The smallest absolute Gasteiger partial charge is 0.126 e. The highest BCUT2D eigenvalue weighted by Crippen LogP contribution is 2.26. The molecule has 1 unspecified atom stereocenters. The van der Waals surface area contributed by atoms with Gasteiger partial charge in [0, 0.05) is 12.5 Å². The second-order valence-electron chi connectivity index (χ2n) is 3.86. The van der Waals surface area contributed by atoms with Crippen molar-refractivity contribution in [3.63, 3.8) is 0 Å². The van der Waals surface area contributed by atoms with Crippen LogP contribution in [0.5, 0.6) is 0 Å². The van der Waals surface area contributed by atoms with Gasteiger partial charge in [0.25, 0.3) is 0 Å². The van der Waals surface area contributed by atoms with Crippen LogP contribution in [0.2, 0.25) is 0 Å². The number of benzene rings is 1. The first-order valence-corrected chi connectivity index (χ1v) is 5.04. The quantitative estimate of drug-likeness (QED) is 0.782. The van der Waals surface area contributed by atoms with Crippen LogP contribution in [0.25, 0.3) is 0 Å². The van der Waals surface area contributed by atoms with Crippen LogP contribution in [0.3, 0.4) is 0 Å². The van der Waals surface area contributed by atoms with E-state index >= 15 is 0 Å². The van der Waals surface area contributed by atoms with Crippen LogP contribution in [0.15, 0.2) is 18.2 Å². The normalized spacial score (nSPS) is 13.8. The SMILES string of the molecule is CC#CCCC(C)(O)c1cc(F)cc(F)c1. The third-order valence-electron chi connectivity index (χ3n) is 2.40. The molecule has 0 fully saturated rings. The van der Waals surface area contributed by atoms with Crippen molar-refractivity contribution in [2.24, 2.45) is 0 Å². The fourth-order valence-electron chi connectivity index (χ4n) is 1.44. The van der Waals surface area contributed by atoms with Crippen LogP contribution in [0.1, 0.15) is 32.3 Å². The van der Waals surface area contributed by atoms with Crippen molar-refractivity contribution >= 4 is 0 Å². The maximum absolute atomic E-state index is 13.0. The van der Waals surface area contributed by atoms with Crippen molar-refractivity contribution in [1.29, 1.82) is 0 Å². The first kappa shape index (κ1) is 12.7. The first-order chi connectivity index (χ1) is 7.45. The lowest BCUT2D eigenvalue weighted by atomic mass is 9.91. The molecule has 0 aliphatic heterocycles. The molecule has 0 radical (unpaired) electrons. The van der Waals surface area contributed by atoms with E-state index < -0.39 is 17.2 Å². The van der Waals surface area contributed by atoms with Crippen molar-refractivity contribution < 1.29 is 13.9 Å². The molecule has 1 atom stereocenters. The zero-order chi connectivity index (χ0) is 12.2. The van der Waals surface area contributed by atoms with E-state index in [1.165, 1.54) is 6.92 Å². The average Bonchev–Trinajstić information content (AvgIpc) is 2.16. The molecule has 1 rings (SSSR count). The monoisotopic (exact) mass is 224 g/mol. The second kappa shape index (κ2) is 5.09. The van der Waals surface area contributed by atoms with Gasteiger partial charge in [-0.2, -0.15) is 0 Å². The van der Waals surface area contributed by atoms with Gasteiger partial charge in [0.2, 0.25) is 0 Å². The van der Waals surface area contributed by atoms with Crippen molar-refractivity contribution in [2.75, 3.05) is 0 Å². The van der Waals surface area contributed by atoms with Gasteiger partial charge in [-0.15, -0.1) is 11.8 Å². The molecule has 1 N–H and O–H groups in total. The Kier molecular flexibility index (Phi) is 4.03. The summed E-state index contributed by atoms with van der Waals surface area (Å²) >= 11 is 0. The molecular formula is C13H14F2O. The molecule has 0 aliphatic carbocycles. The lowest BCUT2D eigenvalue weighted by Crippen LogP contribution is -2.21. The van der Waals surface area contributed by atoms with Crippen molar-refractivity contribution in [3.8, 4) is 11.8 Å². The summed E-state index contributed by atoms with van der Waals surface area (Å²) in [5, 5.41) is 10.1. The standard InChI is InChI=1S/C13H14F2O/c1-3-4-5-6-13(2,16)10-7-11(14)9-12(15)8-10/h7-9,16H,5-6H2,1-2H3. The van der Waals surface area contributed by atoms with E-state index in [0.717, 1.165) is 18.2 Å². The van der Waals surface area contributed by atoms with E-state index in [0.29, 0.717) is 12.8 Å². The molecule has 0 saturated heterocycles. The van der Waals surface area contributed by atoms with Crippen LogP contribution < -0.4 is 0 Å². The molecule has 0 amide bonds. The highest BCUT2D eigenvalue weighted by Gasteiger charge is 2.23. The molecule has 86 valence electrons. The fourth-order valence-corrected chi connectivity index (χ4v) is 1.44. The Morgan fingerprint density at radius 1 is 1.25 bits per heavy atom.